The highest BCUT2D eigenvalue weighted by Gasteiger charge is 1.95. The standard InChI is InChI=1S/C9H12ClNOS2/c10-8-1-2-9(11-7-8)14-6-4-12-3-5-13/h1-2,7,13H,3-6H2. The van der Waals surface area contributed by atoms with Crippen molar-refractivity contribution in [2.45, 2.75) is 5.03 Å². The molecule has 1 rings (SSSR count). The summed E-state index contributed by atoms with van der Waals surface area (Å²) in [7, 11) is 0. The molecule has 0 N–H and O–H groups in total. The van der Waals surface area contributed by atoms with Crippen LogP contribution in [0.4, 0.5) is 0 Å². The summed E-state index contributed by atoms with van der Waals surface area (Å²) in [4.78, 5) is 4.16. The van der Waals surface area contributed by atoms with Crippen molar-refractivity contribution in [3.05, 3.63) is 23.4 Å². The van der Waals surface area contributed by atoms with E-state index in [0.717, 1.165) is 23.1 Å². The fourth-order valence-electron chi connectivity index (χ4n) is 0.819. The van der Waals surface area contributed by atoms with E-state index in [-0.39, 0.29) is 0 Å². The molecule has 1 aromatic heterocycles. The van der Waals surface area contributed by atoms with Crippen LogP contribution in [0.15, 0.2) is 23.4 Å². The maximum atomic E-state index is 5.71. The minimum absolute atomic E-state index is 0.667. The van der Waals surface area contributed by atoms with Gasteiger partial charge in [0.1, 0.15) is 0 Å². The summed E-state index contributed by atoms with van der Waals surface area (Å²) in [6.45, 7) is 1.44. The smallest absolute Gasteiger partial charge is 0.0961 e. The molecular weight excluding hydrogens is 238 g/mol. The molecule has 0 atom stereocenters. The summed E-state index contributed by atoms with van der Waals surface area (Å²) in [5.74, 6) is 1.67. The molecule has 14 heavy (non-hydrogen) atoms. The van der Waals surface area contributed by atoms with Gasteiger partial charge in [-0.3, -0.25) is 0 Å². The zero-order valence-corrected chi connectivity index (χ0v) is 10.1. The predicted molar refractivity (Wildman–Crippen MR) is 64.6 cm³/mol. The number of thiol groups is 1. The van der Waals surface area contributed by atoms with E-state index >= 15 is 0 Å². The van der Waals surface area contributed by atoms with Crippen LogP contribution < -0.4 is 0 Å². The first-order valence-corrected chi connectivity index (χ1v) is 6.25. The number of hydrogen-bond acceptors (Lipinski definition) is 4. The Kier molecular flexibility index (Phi) is 6.43. The lowest BCUT2D eigenvalue weighted by Gasteiger charge is -2.01. The normalized spacial score (nSPS) is 10.4. The van der Waals surface area contributed by atoms with E-state index in [1.54, 1.807) is 18.0 Å². The highest BCUT2D eigenvalue weighted by Crippen LogP contribution is 2.16. The van der Waals surface area contributed by atoms with Crippen LogP contribution in [0.5, 0.6) is 0 Å². The molecule has 1 aromatic rings. The maximum Gasteiger partial charge on any atom is 0.0961 e. The van der Waals surface area contributed by atoms with Crippen molar-refractivity contribution < 1.29 is 4.74 Å². The van der Waals surface area contributed by atoms with Crippen LogP contribution in [-0.4, -0.2) is 29.7 Å². The van der Waals surface area contributed by atoms with Gasteiger partial charge >= 0.3 is 0 Å². The number of hydrogen-bond donors (Lipinski definition) is 1. The summed E-state index contributed by atoms with van der Waals surface area (Å²) in [5.41, 5.74) is 0. The first-order chi connectivity index (χ1) is 6.83. The second-order valence-corrected chi connectivity index (χ2v) is 4.50. The molecule has 0 aromatic carbocycles. The molecule has 0 aliphatic carbocycles. The van der Waals surface area contributed by atoms with Crippen molar-refractivity contribution in [1.29, 1.82) is 0 Å². The van der Waals surface area contributed by atoms with Gasteiger partial charge in [0.15, 0.2) is 0 Å². The Labute approximate surface area is 98.8 Å². The number of pyridine rings is 1. The number of aromatic nitrogens is 1. The van der Waals surface area contributed by atoms with Crippen LogP contribution in [0, 0.1) is 0 Å². The average Bonchev–Trinajstić information content (AvgIpc) is 2.21. The summed E-state index contributed by atoms with van der Waals surface area (Å²) < 4.78 is 5.28. The Morgan fingerprint density at radius 3 is 2.93 bits per heavy atom. The molecule has 0 bridgehead atoms. The Hall–Kier alpha value is 0.1000. The third kappa shape index (κ3) is 5.10. The summed E-state index contributed by atoms with van der Waals surface area (Å²) in [5, 5.41) is 1.64. The molecule has 0 saturated carbocycles. The number of nitrogens with zero attached hydrogens (tertiary/aromatic N) is 1. The van der Waals surface area contributed by atoms with Crippen molar-refractivity contribution in [2.24, 2.45) is 0 Å². The lowest BCUT2D eigenvalue weighted by atomic mass is 10.5. The molecular formula is C9H12ClNOS2. The molecule has 0 spiro atoms. The average molecular weight is 250 g/mol. The van der Waals surface area contributed by atoms with Crippen molar-refractivity contribution in [1.82, 2.24) is 4.98 Å². The second-order valence-electron chi connectivity index (χ2n) is 2.50. The Morgan fingerprint density at radius 1 is 1.43 bits per heavy atom. The van der Waals surface area contributed by atoms with Gasteiger partial charge in [0.25, 0.3) is 0 Å². The maximum absolute atomic E-state index is 5.71. The third-order valence-electron chi connectivity index (χ3n) is 1.41. The molecule has 2 nitrogen and oxygen atoms in total. The first kappa shape index (κ1) is 12.2. The van der Waals surface area contributed by atoms with Crippen LogP contribution in [0.1, 0.15) is 0 Å². The van der Waals surface area contributed by atoms with Crippen LogP contribution in [-0.2, 0) is 4.74 Å². The quantitative estimate of drug-likeness (QED) is 0.476. The minimum atomic E-state index is 0.667. The first-order valence-electron chi connectivity index (χ1n) is 4.26. The van der Waals surface area contributed by atoms with Gasteiger partial charge in [-0.15, -0.1) is 11.8 Å². The zero-order chi connectivity index (χ0) is 10.2. The molecule has 0 amide bonds. The predicted octanol–water partition coefficient (Wildman–Crippen LogP) is 2.77. The van der Waals surface area contributed by atoms with Gasteiger partial charge in [-0.1, -0.05) is 11.6 Å². The fraction of sp³-hybridized carbons (Fsp3) is 0.444. The van der Waals surface area contributed by atoms with Gasteiger partial charge in [0.05, 0.1) is 23.3 Å². The van der Waals surface area contributed by atoms with Crippen molar-refractivity contribution in [2.75, 3.05) is 24.7 Å². The number of thioether (sulfide) groups is 1. The van der Waals surface area contributed by atoms with Crippen molar-refractivity contribution in [3.63, 3.8) is 0 Å². The topological polar surface area (TPSA) is 22.1 Å². The highest BCUT2D eigenvalue weighted by atomic mass is 35.5. The minimum Gasteiger partial charge on any atom is -0.380 e. The van der Waals surface area contributed by atoms with Crippen LogP contribution in [0.2, 0.25) is 5.02 Å². The molecule has 5 heteroatoms. The van der Waals surface area contributed by atoms with E-state index in [0.29, 0.717) is 11.6 Å². The van der Waals surface area contributed by atoms with Gasteiger partial charge in [0.2, 0.25) is 0 Å². The molecule has 0 fully saturated rings. The summed E-state index contributed by atoms with van der Waals surface area (Å²) in [6.07, 6.45) is 1.65. The summed E-state index contributed by atoms with van der Waals surface area (Å²) >= 11 is 11.4. The molecule has 0 radical (unpaired) electrons. The third-order valence-corrected chi connectivity index (χ3v) is 2.73. The van der Waals surface area contributed by atoms with E-state index < -0.39 is 0 Å². The van der Waals surface area contributed by atoms with Gasteiger partial charge < -0.3 is 4.74 Å². The van der Waals surface area contributed by atoms with Gasteiger partial charge in [-0.05, 0) is 12.1 Å². The highest BCUT2D eigenvalue weighted by molar-refractivity contribution is 7.99. The Morgan fingerprint density at radius 2 is 2.29 bits per heavy atom. The van der Waals surface area contributed by atoms with Crippen molar-refractivity contribution in [3.8, 4) is 0 Å². The fourth-order valence-corrected chi connectivity index (χ4v) is 1.76. The lowest BCUT2D eigenvalue weighted by Crippen LogP contribution is -2.00. The second kappa shape index (κ2) is 7.40. The van der Waals surface area contributed by atoms with Crippen LogP contribution in [0.3, 0.4) is 0 Å². The largest absolute Gasteiger partial charge is 0.380 e. The van der Waals surface area contributed by atoms with E-state index in [4.69, 9.17) is 16.3 Å². The van der Waals surface area contributed by atoms with E-state index in [9.17, 15) is 0 Å². The molecule has 0 saturated heterocycles. The summed E-state index contributed by atoms with van der Waals surface area (Å²) in [6, 6.07) is 3.75. The SMILES string of the molecule is SCCOCCSc1ccc(Cl)cn1. The van der Waals surface area contributed by atoms with Crippen molar-refractivity contribution >= 4 is 36.0 Å². The molecule has 0 aliphatic heterocycles. The molecule has 0 aliphatic rings. The Bertz CT molecular complexity index is 255. The van der Waals surface area contributed by atoms with Gasteiger partial charge in [-0.2, -0.15) is 12.6 Å². The molecule has 78 valence electrons. The number of halogens is 1. The van der Waals surface area contributed by atoms with E-state index in [1.807, 2.05) is 12.1 Å². The van der Waals surface area contributed by atoms with Gasteiger partial charge in [0, 0.05) is 17.7 Å². The molecule has 1 heterocycles. The number of ether oxygens (including phenoxy) is 1. The molecule has 0 unspecified atom stereocenters. The van der Waals surface area contributed by atoms with Crippen LogP contribution >= 0.6 is 36.0 Å². The monoisotopic (exact) mass is 249 g/mol. The van der Waals surface area contributed by atoms with E-state index in [1.165, 1.54) is 0 Å². The Balaban J connectivity index is 2.15. The van der Waals surface area contributed by atoms with E-state index in [2.05, 4.69) is 17.6 Å². The lowest BCUT2D eigenvalue weighted by molar-refractivity contribution is 0.167. The van der Waals surface area contributed by atoms with Gasteiger partial charge in [-0.25, -0.2) is 4.98 Å². The zero-order valence-electron chi connectivity index (χ0n) is 7.65. The van der Waals surface area contributed by atoms with Crippen LogP contribution in [0.25, 0.3) is 0 Å². The number of rotatable bonds is 6.